The average Bonchev–Trinajstić information content (AvgIpc) is 3.15. The van der Waals surface area contributed by atoms with Crippen LogP contribution in [0.4, 0.5) is 0 Å². The Morgan fingerprint density at radius 3 is 2.25 bits per heavy atom. The minimum atomic E-state index is -0.554. The summed E-state index contributed by atoms with van der Waals surface area (Å²) in [5.74, 6) is 1.39. The van der Waals surface area contributed by atoms with Crippen molar-refractivity contribution < 1.29 is 14.6 Å². The Labute approximate surface area is 173 Å². The molecule has 1 aliphatic heterocycles. The molecule has 0 bridgehead atoms. The summed E-state index contributed by atoms with van der Waals surface area (Å²) < 4.78 is 11.9. The highest BCUT2D eigenvalue weighted by Crippen LogP contribution is 2.38. The summed E-state index contributed by atoms with van der Waals surface area (Å²) in [5.41, 5.74) is 0.176. The van der Waals surface area contributed by atoms with Crippen LogP contribution >= 0.6 is 11.3 Å². The standard InChI is InChI=1S/C23H33NO3S/c1-22(2)12-8-13-23(3,4)24(22)15-18(25)16-26-20-10-5-6-11-21(20)27-17-19-9-7-14-28-19/h5-7,9-11,14,18,25H,8,12-13,15-17H2,1-4H3. The van der Waals surface area contributed by atoms with Crippen LogP contribution in [0.2, 0.25) is 0 Å². The molecule has 1 saturated heterocycles. The highest BCUT2D eigenvalue weighted by Gasteiger charge is 2.41. The molecule has 0 spiro atoms. The van der Waals surface area contributed by atoms with E-state index in [0.717, 1.165) is 12.8 Å². The molecule has 2 heterocycles. The Balaban J connectivity index is 1.58. The lowest BCUT2D eigenvalue weighted by atomic mass is 9.79. The number of ether oxygens (including phenoxy) is 2. The van der Waals surface area contributed by atoms with E-state index in [1.807, 2.05) is 35.7 Å². The highest BCUT2D eigenvalue weighted by molar-refractivity contribution is 7.09. The number of benzene rings is 1. The van der Waals surface area contributed by atoms with E-state index in [1.165, 1.54) is 11.3 Å². The molecule has 1 atom stereocenters. The topological polar surface area (TPSA) is 41.9 Å². The van der Waals surface area contributed by atoms with Crippen LogP contribution in [0.1, 0.15) is 51.8 Å². The van der Waals surface area contributed by atoms with Crippen LogP contribution in [0.15, 0.2) is 41.8 Å². The van der Waals surface area contributed by atoms with E-state index in [0.29, 0.717) is 24.7 Å². The van der Waals surface area contributed by atoms with Gasteiger partial charge in [0.1, 0.15) is 19.3 Å². The van der Waals surface area contributed by atoms with Crippen molar-refractivity contribution in [2.75, 3.05) is 13.2 Å². The molecular formula is C23H33NO3S. The van der Waals surface area contributed by atoms with E-state index in [2.05, 4.69) is 38.7 Å². The van der Waals surface area contributed by atoms with E-state index < -0.39 is 6.10 Å². The highest BCUT2D eigenvalue weighted by atomic mass is 32.1. The van der Waals surface area contributed by atoms with E-state index in [1.54, 1.807) is 11.3 Å². The summed E-state index contributed by atoms with van der Waals surface area (Å²) in [6.45, 7) is 10.5. The lowest BCUT2D eigenvalue weighted by molar-refractivity contribution is -0.0608. The fraction of sp³-hybridized carbons (Fsp3) is 0.565. The number of hydrogen-bond donors (Lipinski definition) is 1. The largest absolute Gasteiger partial charge is 0.487 e. The number of hydrogen-bond acceptors (Lipinski definition) is 5. The second-order valence-electron chi connectivity index (χ2n) is 8.87. The van der Waals surface area contributed by atoms with Crippen molar-refractivity contribution in [3.05, 3.63) is 46.7 Å². The van der Waals surface area contributed by atoms with Crippen LogP contribution in [-0.2, 0) is 6.61 Å². The SMILES string of the molecule is CC1(C)CCCC(C)(C)N1CC(O)COc1ccccc1OCc1cccs1. The maximum Gasteiger partial charge on any atom is 0.161 e. The lowest BCUT2D eigenvalue weighted by Gasteiger charge is -2.53. The van der Waals surface area contributed by atoms with Crippen LogP contribution < -0.4 is 9.47 Å². The predicted molar refractivity (Wildman–Crippen MR) is 115 cm³/mol. The number of piperidine rings is 1. The molecule has 1 unspecified atom stereocenters. The smallest absolute Gasteiger partial charge is 0.161 e. The van der Waals surface area contributed by atoms with Gasteiger partial charge in [-0.2, -0.15) is 0 Å². The Kier molecular flexibility index (Phi) is 6.69. The first-order chi connectivity index (χ1) is 13.3. The van der Waals surface area contributed by atoms with Gasteiger partial charge in [-0.25, -0.2) is 0 Å². The van der Waals surface area contributed by atoms with Crippen molar-refractivity contribution in [1.29, 1.82) is 0 Å². The monoisotopic (exact) mass is 403 g/mol. The third-order valence-corrected chi connectivity index (χ3v) is 6.51. The summed E-state index contributed by atoms with van der Waals surface area (Å²) in [6, 6.07) is 11.7. The quantitative estimate of drug-likeness (QED) is 0.665. The first kappa shape index (κ1) is 21.2. The van der Waals surface area contributed by atoms with Gasteiger partial charge in [0.25, 0.3) is 0 Å². The number of nitrogens with zero attached hydrogens (tertiary/aromatic N) is 1. The summed E-state index contributed by atoms with van der Waals surface area (Å²) in [6.07, 6.45) is 2.99. The van der Waals surface area contributed by atoms with E-state index >= 15 is 0 Å². The molecule has 1 aromatic heterocycles. The number of β-amino-alcohol motifs (C(OH)–C–C–N with tert-alkyl or cyclic N) is 1. The molecule has 2 aromatic rings. The van der Waals surface area contributed by atoms with Crippen LogP contribution in [0, 0.1) is 0 Å². The van der Waals surface area contributed by atoms with Gasteiger partial charge in [-0.05, 0) is 70.5 Å². The molecule has 28 heavy (non-hydrogen) atoms. The van der Waals surface area contributed by atoms with Crippen LogP contribution in [0.3, 0.4) is 0 Å². The van der Waals surface area contributed by atoms with Gasteiger partial charge >= 0.3 is 0 Å². The number of likely N-dealkylation sites (tertiary alicyclic amines) is 1. The van der Waals surface area contributed by atoms with Crippen molar-refractivity contribution in [2.45, 2.75) is 70.7 Å². The Hall–Kier alpha value is -1.56. The molecule has 0 aliphatic carbocycles. The minimum absolute atomic E-state index is 0.0878. The molecule has 0 amide bonds. The van der Waals surface area contributed by atoms with Gasteiger partial charge in [-0.15, -0.1) is 11.3 Å². The lowest BCUT2D eigenvalue weighted by Crippen LogP contribution is -2.60. The van der Waals surface area contributed by atoms with Crippen molar-refractivity contribution in [1.82, 2.24) is 4.90 Å². The third kappa shape index (κ3) is 5.28. The molecular weight excluding hydrogens is 370 g/mol. The molecule has 5 heteroatoms. The molecule has 1 aromatic carbocycles. The number of rotatable bonds is 8. The van der Waals surface area contributed by atoms with Gasteiger partial charge in [-0.3, -0.25) is 4.90 Å². The fourth-order valence-corrected chi connectivity index (χ4v) is 4.83. The van der Waals surface area contributed by atoms with Gasteiger partial charge in [0.05, 0.1) is 0 Å². The minimum Gasteiger partial charge on any atom is -0.487 e. The van der Waals surface area contributed by atoms with Crippen LogP contribution in [0.5, 0.6) is 11.5 Å². The zero-order chi connectivity index (χ0) is 20.2. The summed E-state index contributed by atoms with van der Waals surface area (Å²) in [5, 5.41) is 12.7. The second kappa shape index (κ2) is 8.85. The number of aliphatic hydroxyl groups is 1. The molecule has 0 radical (unpaired) electrons. The van der Waals surface area contributed by atoms with Crippen LogP contribution in [0.25, 0.3) is 0 Å². The molecule has 1 N–H and O–H groups in total. The maximum absolute atomic E-state index is 10.7. The number of aliphatic hydroxyl groups excluding tert-OH is 1. The molecule has 154 valence electrons. The zero-order valence-corrected chi connectivity index (χ0v) is 18.3. The zero-order valence-electron chi connectivity index (χ0n) is 17.5. The fourth-order valence-electron chi connectivity index (χ4n) is 4.22. The summed E-state index contributed by atoms with van der Waals surface area (Å²) >= 11 is 1.67. The van der Waals surface area contributed by atoms with Crippen molar-refractivity contribution in [3.63, 3.8) is 0 Å². The third-order valence-electron chi connectivity index (χ3n) is 5.66. The molecule has 1 fully saturated rings. The summed E-state index contributed by atoms with van der Waals surface area (Å²) in [7, 11) is 0. The van der Waals surface area contributed by atoms with Crippen molar-refractivity contribution in [2.24, 2.45) is 0 Å². The molecule has 3 rings (SSSR count). The van der Waals surface area contributed by atoms with E-state index in [9.17, 15) is 5.11 Å². The van der Waals surface area contributed by atoms with Gasteiger partial charge in [0.15, 0.2) is 11.5 Å². The second-order valence-corrected chi connectivity index (χ2v) is 9.90. The van der Waals surface area contributed by atoms with Crippen molar-refractivity contribution >= 4 is 11.3 Å². The van der Waals surface area contributed by atoms with Crippen molar-refractivity contribution in [3.8, 4) is 11.5 Å². The molecule has 1 aliphatic rings. The van der Waals surface area contributed by atoms with E-state index in [4.69, 9.17) is 9.47 Å². The van der Waals surface area contributed by atoms with Gasteiger partial charge in [0.2, 0.25) is 0 Å². The van der Waals surface area contributed by atoms with E-state index in [-0.39, 0.29) is 17.7 Å². The Morgan fingerprint density at radius 1 is 1.00 bits per heavy atom. The van der Waals surface area contributed by atoms with Gasteiger partial charge in [0, 0.05) is 22.5 Å². The van der Waals surface area contributed by atoms with Crippen LogP contribution in [-0.4, -0.2) is 40.3 Å². The van der Waals surface area contributed by atoms with Gasteiger partial charge in [-0.1, -0.05) is 18.2 Å². The van der Waals surface area contributed by atoms with Gasteiger partial charge < -0.3 is 14.6 Å². The maximum atomic E-state index is 10.7. The number of para-hydroxylation sites is 2. The molecule has 0 saturated carbocycles. The first-order valence-corrected chi connectivity index (χ1v) is 11.0. The Morgan fingerprint density at radius 2 is 1.64 bits per heavy atom. The summed E-state index contributed by atoms with van der Waals surface area (Å²) in [4.78, 5) is 3.61. The predicted octanol–water partition coefficient (Wildman–Crippen LogP) is 5.11. The Bertz CT molecular complexity index is 726. The normalized spacial score (nSPS) is 19.9. The average molecular weight is 404 g/mol. The molecule has 4 nitrogen and oxygen atoms in total. The number of thiophene rings is 1. The first-order valence-electron chi connectivity index (χ1n) is 10.1.